The number of rotatable bonds is 10. The molecule has 0 aliphatic carbocycles. The summed E-state index contributed by atoms with van der Waals surface area (Å²) in [5.74, 6) is 0.580. The summed E-state index contributed by atoms with van der Waals surface area (Å²) in [6.07, 6.45) is 2.59. The fourth-order valence-electron chi connectivity index (χ4n) is 2.73. The lowest BCUT2D eigenvalue weighted by Crippen LogP contribution is -2.35. The van der Waals surface area contributed by atoms with Crippen molar-refractivity contribution in [1.29, 1.82) is 0 Å². The molecule has 0 spiro atoms. The summed E-state index contributed by atoms with van der Waals surface area (Å²) >= 11 is 0. The normalized spacial score (nSPS) is 10.6. The minimum absolute atomic E-state index is 0.425. The number of methoxy groups -OCH3 is 6. The van der Waals surface area contributed by atoms with Crippen LogP contribution in [-0.4, -0.2) is 66.9 Å². The fraction of sp³-hybridized carbons (Fsp3) is 0.273. The van der Waals surface area contributed by atoms with Gasteiger partial charge in [-0.3, -0.25) is 9.59 Å². The van der Waals surface area contributed by atoms with E-state index in [0.29, 0.717) is 45.6 Å². The average molecular weight is 474 g/mol. The summed E-state index contributed by atoms with van der Waals surface area (Å²) in [6, 6.07) is 6.42. The van der Waals surface area contributed by atoms with E-state index in [4.69, 9.17) is 28.4 Å². The van der Waals surface area contributed by atoms with Crippen LogP contribution in [0, 0.1) is 0 Å². The number of hydrazone groups is 2. The molecule has 12 nitrogen and oxygen atoms in total. The van der Waals surface area contributed by atoms with Crippen LogP contribution in [0.4, 0.5) is 0 Å². The van der Waals surface area contributed by atoms with Crippen molar-refractivity contribution in [2.24, 2.45) is 10.2 Å². The Hall–Kier alpha value is -4.48. The van der Waals surface area contributed by atoms with Crippen molar-refractivity contribution in [2.75, 3.05) is 42.7 Å². The Bertz CT molecular complexity index is 1000. The van der Waals surface area contributed by atoms with Gasteiger partial charge in [0.2, 0.25) is 0 Å². The van der Waals surface area contributed by atoms with Gasteiger partial charge in [-0.25, -0.2) is 10.9 Å². The van der Waals surface area contributed by atoms with E-state index in [-0.39, 0.29) is 0 Å². The van der Waals surface area contributed by atoms with Crippen LogP contribution >= 0.6 is 0 Å². The van der Waals surface area contributed by atoms with Gasteiger partial charge >= 0.3 is 11.8 Å². The van der Waals surface area contributed by atoms with Crippen molar-refractivity contribution in [3.8, 4) is 34.5 Å². The molecule has 0 fully saturated rings. The van der Waals surface area contributed by atoms with E-state index < -0.39 is 11.8 Å². The lowest BCUT2D eigenvalue weighted by atomic mass is 10.2. The van der Waals surface area contributed by atoms with E-state index >= 15 is 0 Å². The molecule has 0 radical (unpaired) electrons. The summed E-state index contributed by atoms with van der Waals surface area (Å²) < 4.78 is 31.4. The van der Waals surface area contributed by atoms with Gasteiger partial charge in [0.1, 0.15) is 11.5 Å². The molecule has 0 saturated heterocycles. The zero-order valence-electron chi connectivity index (χ0n) is 19.6. The van der Waals surface area contributed by atoms with E-state index in [1.807, 2.05) is 0 Å². The van der Waals surface area contributed by atoms with Crippen LogP contribution in [-0.2, 0) is 9.59 Å². The SMILES string of the molecule is COc1cc(OC)c(OC)cc1C=NNC(=O)C(=O)NN=Cc1cc(OC)c(OC)cc1OC. The highest BCUT2D eigenvalue weighted by molar-refractivity contribution is 6.35. The smallest absolute Gasteiger partial charge is 0.331 e. The molecule has 12 heteroatoms. The Labute approximate surface area is 196 Å². The van der Waals surface area contributed by atoms with Crippen LogP contribution < -0.4 is 39.3 Å². The van der Waals surface area contributed by atoms with Crippen LogP contribution in [0.5, 0.6) is 34.5 Å². The predicted octanol–water partition coefficient (Wildman–Crippen LogP) is 1.34. The number of ether oxygens (including phenoxy) is 6. The molecule has 2 amide bonds. The first kappa shape index (κ1) is 25.8. The van der Waals surface area contributed by atoms with E-state index in [9.17, 15) is 9.59 Å². The predicted molar refractivity (Wildman–Crippen MR) is 124 cm³/mol. The zero-order valence-corrected chi connectivity index (χ0v) is 19.6. The third-order valence-corrected chi connectivity index (χ3v) is 4.42. The topological polar surface area (TPSA) is 138 Å². The molecule has 182 valence electrons. The zero-order chi connectivity index (χ0) is 25.1. The number of amides is 2. The molecule has 0 bridgehead atoms. The third-order valence-electron chi connectivity index (χ3n) is 4.42. The number of nitrogens with one attached hydrogen (secondary N) is 2. The molecule has 2 aromatic carbocycles. The summed E-state index contributed by atoms with van der Waals surface area (Å²) in [5, 5.41) is 7.55. The number of carbonyl (C=O) groups is 2. The van der Waals surface area contributed by atoms with Gasteiger partial charge in [0, 0.05) is 23.3 Å². The van der Waals surface area contributed by atoms with Gasteiger partial charge in [-0.2, -0.15) is 10.2 Å². The van der Waals surface area contributed by atoms with Gasteiger partial charge in [0.15, 0.2) is 23.0 Å². The maximum absolute atomic E-state index is 12.0. The number of nitrogens with zero attached hydrogens (tertiary/aromatic N) is 2. The third kappa shape index (κ3) is 6.28. The highest BCUT2D eigenvalue weighted by atomic mass is 16.5. The van der Waals surface area contributed by atoms with E-state index in [1.54, 1.807) is 24.3 Å². The van der Waals surface area contributed by atoms with Crippen molar-refractivity contribution < 1.29 is 38.0 Å². The Morgan fingerprint density at radius 2 is 0.853 bits per heavy atom. The number of hydrogen-bond donors (Lipinski definition) is 2. The van der Waals surface area contributed by atoms with Gasteiger partial charge in [-0.05, 0) is 12.1 Å². The van der Waals surface area contributed by atoms with Gasteiger partial charge in [0.05, 0.1) is 55.1 Å². The first-order valence-electron chi connectivity index (χ1n) is 9.68. The first-order valence-corrected chi connectivity index (χ1v) is 9.68. The first-order chi connectivity index (χ1) is 16.4. The molecule has 0 heterocycles. The molecule has 34 heavy (non-hydrogen) atoms. The Balaban J connectivity index is 2.05. The molecule has 0 unspecified atom stereocenters. The molecule has 0 aromatic heterocycles. The lowest BCUT2D eigenvalue weighted by molar-refractivity contribution is -0.139. The van der Waals surface area contributed by atoms with Crippen LogP contribution in [0.15, 0.2) is 34.5 Å². The van der Waals surface area contributed by atoms with Crippen LogP contribution in [0.25, 0.3) is 0 Å². The molecule has 2 aromatic rings. The highest BCUT2D eigenvalue weighted by Gasteiger charge is 2.14. The molecule has 0 atom stereocenters. The lowest BCUT2D eigenvalue weighted by Gasteiger charge is -2.11. The minimum atomic E-state index is -1.04. The van der Waals surface area contributed by atoms with Gasteiger partial charge < -0.3 is 28.4 Å². The van der Waals surface area contributed by atoms with Gasteiger partial charge in [-0.1, -0.05) is 0 Å². The summed E-state index contributed by atoms with van der Waals surface area (Å²) in [6.45, 7) is 0. The second kappa shape index (κ2) is 12.5. The van der Waals surface area contributed by atoms with Gasteiger partial charge in [-0.15, -0.1) is 0 Å². The summed E-state index contributed by atoms with van der Waals surface area (Å²) in [7, 11) is 8.89. The molecule has 2 rings (SSSR count). The van der Waals surface area contributed by atoms with Crippen molar-refractivity contribution in [1.82, 2.24) is 10.9 Å². The average Bonchev–Trinajstić information content (AvgIpc) is 2.87. The molecule has 0 saturated carbocycles. The van der Waals surface area contributed by atoms with Crippen LogP contribution in [0.3, 0.4) is 0 Å². The molecular formula is C22H26N4O8. The summed E-state index contributed by atoms with van der Waals surface area (Å²) in [5.41, 5.74) is 5.19. The molecule has 2 N–H and O–H groups in total. The number of carbonyl (C=O) groups excluding carboxylic acids is 2. The largest absolute Gasteiger partial charge is 0.496 e. The fourth-order valence-corrected chi connectivity index (χ4v) is 2.73. The quantitative estimate of drug-likeness (QED) is 0.299. The molecular weight excluding hydrogens is 448 g/mol. The second-order valence-corrected chi connectivity index (χ2v) is 6.30. The monoisotopic (exact) mass is 474 g/mol. The van der Waals surface area contributed by atoms with Crippen molar-refractivity contribution >= 4 is 24.2 Å². The second-order valence-electron chi connectivity index (χ2n) is 6.30. The molecule has 0 aliphatic rings. The standard InChI is InChI=1S/C22H26N4O8/c1-29-15-9-19(33-5)17(31-3)7-13(15)11-23-25-21(27)22(28)26-24-12-14-8-18(32-4)20(34-6)10-16(14)30-2/h7-12H,1-6H3,(H,25,27)(H,26,28). The Morgan fingerprint density at radius 1 is 0.559 bits per heavy atom. The minimum Gasteiger partial charge on any atom is -0.496 e. The van der Waals surface area contributed by atoms with Crippen molar-refractivity contribution in [2.45, 2.75) is 0 Å². The maximum atomic E-state index is 12.0. The van der Waals surface area contributed by atoms with Crippen LogP contribution in [0.2, 0.25) is 0 Å². The number of benzene rings is 2. The van der Waals surface area contributed by atoms with Gasteiger partial charge in [0.25, 0.3) is 0 Å². The highest BCUT2D eigenvalue weighted by Crippen LogP contribution is 2.34. The van der Waals surface area contributed by atoms with E-state index in [2.05, 4.69) is 21.1 Å². The van der Waals surface area contributed by atoms with E-state index in [0.717, 1.165) is 0 Å². The Kier molecular flexibility index (Phi) is 9.50. The summed E-state index contributed by atoms with van der Waals surface area (Å²) in [4.78, 5) is 24.0. The Morgan fingerprint density at radius 3 is 1.15 bits per heavy atom. The molecule has 0 aliphatic heterocycles. The van der Waals surface area contributed by atoms with E-state index in [1.165, 1.54) is 55.1 Å². The van der Waals surface area contributed by atoms with Crippen LogP contribution in [0.1, 0.15) is 11.1 Å². The van der Waals surface area contributed by atoms with Crippen molar-refractivity contribution in [3.63, 3.8) is 0 Å². The van der Waals surface area contributed by atoms with Crippen molar-refractivity contribution in [3.05, 3.63) is 35.4 Å². The number of hydrogen-bond acceptors (Lipinski definition) is 10. The maximum Gasteiger partial charge on any atom is 0.331 e.